The van der Waals surface area contributed by atoms with Crippen LogP contribution in [-0.2, 0) is 0 Å². The largest absolute Gasteiger partial charge is 0.455 e. The van der Waals surface area contributed by atoms with Crippen molar-refractivity contribution < 1.29 is 9.66 Å². The average Bonchev–Trinajstić information content (AvgIpc) is 2.47. The number of nitrogens with zero attached hydrogens (tertiary/aromatic N) is 2. The predicted molar refractivity (Wildman–Crippen MR) is 80.9 cm³/mol. The SMILES string of the molecule is CCCNc1cc(Oc2cccnc2C)cc([N+](=O)[O-])c1. The van der Waals surface area contributed by atoms with Crippen LogP contribution in [0.2, 0.25) is 0 Å². The topological polar surface area (TPSA) is 77.3 Å². The molecule has 0 saturated heterocycles. The van der Waals surface area contributed by atoms with Gasteiger partial charge in [-0.1, -0.05) is 6.92 Å². The summed E-state index contributed by atoms with van der Waals surface area (Å²) in [6.07, 6.45) is 2.60. The van der Waals surface area contributed by atoms with E-state index in [1.54, 1.807) is 24.4 Å². The molecular weight excluding hydrogens is 270 g/mol. The third kappa shape index (κ3) is 3.92. The summed E-state index contributed by atoms with van der Waals surface area (Å²) in [5, 5.41) is 14.1. The van der Waals surface area contributed by atoms with Crippen LogP contribution >= 0.6 is 0 Å². The highest BCUT2D eigenvalue weighted by atomic mass is 16.6. The van der Waals surface area contributed by atoms with Gasteiger partial charge in [0.2, 0.25) is 0 Å². The molecule has 21 heavy (non-hydrogen) atoms. The van der Waals surface area contributed by atoms with Gasteiger partial charge in [0.25, 0.3) is 5.69 Å². The lowest BCUT2D eigenvalue weighted by molar-refractivity contribution is -0.384. The molecule has 0 aliphatic carbocycles. The number of hydrogen-bond acceptors (Lipinski definition) is 5. The first-order valence-electron chi connectivity index (χ1n) is 6.73. The number of nitro groups is 1. The molecule has 0 spiro atoms. The van der Waals surface area contributed by atoms with Crippen LogP contribution in [0, 0.1) is 17.0 Å². The average molecular weight is 287 g/mol. The number of pyridine rings is 1. The Labute approximate surface area is 122 Å². The molecule has 1 aromatic heterocycles. The van der Waals surface area contributed by atoms with Crippen molar-refractivity contribution in [1.29, 1.82) is 0 Å². The third-order valence-corrected chi connectivity index (χ3v) is 2.87. The molecule has 0 fully saturated rings. The Morgan fingerprint density at radius 2 is 2.19 bits per heavy atom. The fraction of sp³-hybridized carbons (Fsp3) is 0.267. The van der Waals surface area contributed by atoms with Crippen molar-refractivity contribution in [2.75, 3.05) is 11.9 Å². The Morgan fingerprint density at radius 1 is 1.38 bits per heavy atom. The number of hydrogen-bond donors (Lipinski definition) is 1. The molecule has 0 radical (unpaired) electrons. The number of nitrogens with one attached hydrogen (secondary N) is 1. The van der Waals surface area contributed by atoms with E-state index in [-0.39, 0.29) is 5.69 Å². The Balaban J connectivity index is 2.31. The molecular formula is C15H17N3O3. The van der Waals surface area contributed by atoms with Crippen LogP contribution in [0.25, 0.3) is 0 Å². The lowest BCUT2D eigenvalue weighted by Crippen LogP contribution is -2.01. The highest BCUT2D eigenvalue weighted by Gasteiger charge is 2.12. The zero-order chi connectivity index (χ0) is 15.2. The Kier molecular flexibility index (Phi) is 4.71. The van der Waals surface area contributed by atoms with E-state index in [1.807, 2.05) is 13.8 Å². The van der Waals surface area contributed by atoms with Crippen LogP contribution in [-0.4, -0.2) is 16.5 Å². The molecule has 1 heterocycles. The van der Waals surface area contributed by atoms with Gasteiger partial charge < -0.3 is 10.1 Å². The van der Waals surface area contributed by atoms with E-state index >= 15 is 0 Å². The first kappa shape index (κ1) is 14.8. The molecule has 1 N–H and O–H groups in total. The van der Waals surface area contributed by atoms with Crippen LogP contribution in [0.3, 0.4) is 0 Å². The lowest BCUT2D eigenvalue weighted by atomic mass is 10.2. The second-order valence-electron chi connectivity index (χ2n) is 4.59. The van der Waals surface area contributed by atoms with Gasteiger partial charge >= 0.3 is 0 Å². The standard InChI is InChI=1S/C15H17N3O3/c1-3-6-17-12-8-13(18(19)20)10-14(9-12)21-15-5-4-7-16-11(15)2/h4-5,7-10,17H,3,6H2,1-2H3. The fourth-order valence-electron chi connectivity index (χ4n) is 1.82. The van der Waals surface area contributed by atoms with Gasteiger partial charge in [-0.3, -0.25) is 15.1 Å². The third-order valence-electron chi connectivity index (χ3n) is 2.87. The van der Waals surface area contributed by atoms with Crippen molar-refractivity contribution in [2.24, 2.45) is 0 Å². The summed E-state index contributed by atoms with van der Waals surface area (Å²) >= 11 is 0. The first-order chi connectivity index (χ1) is 10.1. The number of aromatic nitrogens is 1. The van der Waals surface area contributed by atoms with Crippen LogP contribution in [0.1, 0.15) is 19.0 Å². The van der Waals surface area contributed by atoms with Gasteiger partial charge in [0.1, 0.15) is 11.5 Å². The van der Waals surface area contributed by atoms with E-state index in [0.29, 0.717) is 17.2 Å². The molecule has 6 nitrogen and oxygen atoms in total. The summed E-state index contributed by atoms with van der Waals surface area (Å²) in [4.78, 5) is 14.7. The Hall–Kier alpha value is -2.63. The second kappa shape index (κ2) is 6.69. The van der Waals surface area contributed by atoms with Gasteiger partial charge in [0.05, 0.1) is 16.7 Å². The molecule has 0 bridgehead atoms. The predicted octanol–water partition coefficient (Wildman–Crippen LogP) is 3.91. The maximum Gasteiger partial charge on any atom is 0.275 e. The van der Waals surface area contributed by atoms with Crippen molar-refractivity contribution >= 4 is 11.4 Å². The molecule has 6 heteroatoms. The van der Waals surface area contributed by atoms with E-state index in [1.165, 1.54) is 12.1 Å². The van der Waals surface area contributed by atoms with Crippen molar-refractivity contribution in [1.82, 2.24) is 4.98 Å². The highest BCUT2D eigenvalue weighted by Crippen LogP contribution is 2.30. The molecule has 110 valence electrons. The zero-order valence-corrected chi connectivity index (χ0v) is 12.0. The smallest absolute Gasteiger partial charge is 0.275 e. The molecule has 1 aromatic carbocycles. The van der Waals surface area contributed by atoms with Gasteiger partial charge in [-0.15, -0.1) is 0 Å². The molecule has 2 rings (SSSR count). The minimum absolute atomic E-state index is 0.00681. The molecule has 0 unspecified atom stereocenters. The maximum atomic E-state index is 11.0. The molecule has 0 aliphatic heterocycles. The normalized spacial score (nSPS) is 10.2. The monoisotopic (exact) mass is 287 g/mol. The number of ether oxygens (including phenoxy) is 1. The molecule has 0 aliphatic rings. The van der Waals surface area contributed by atoms with Crippen molar-refractivity contribution in [3.8, 4) is 11.5 Å². The number of aryl methyl sites for hydroxylation is 1. The van der Waals surface area contributed by atoms with E-state index < -0.39 is 4.92 Å². The van der Waals surface area contributed by atoms with Crippen LogP contribution in [0.4, 0.5) is 11.4 Å². The van der Waals surface area contributed by atoms with Gasteiger partial charge in [-0.25, -0.2) is 0 Å². The van der Waals surface area contributed by atoms with Gasteiger partial charge in [0.15, 0.2) is 0 Å². The summed E-state index contributed by atoms with van der Waals surface area (Å²) in [5.41, 5.74) is 1.39. The quantitative estimate of drug-likeness (QED) is 0.643. The van der Waals surface area contributed by atoms with Crippen LogP contribution < -0.4 is 10.1 Å². The minimum atomic E-state index is -0.430. The summed E-state index contributed by atoms with van der Waals surface area (Å²) in [6.45, 7) is 4.59. The van der Waals surface area contributed by atoms with Crippen molar-refractivity contribution in [3.63, 3.8) is 0 Å². The zero-order valence-electron chi connectivity index (χ0n) is 12.0. The number of anilines is 1. The molecule has 0 atom stereocenters. The number of non-ortho nitro benzene ring substituents is 1. The van der Waals surface area contributed by atoms with Crippen molar-refractivity contribution in [3.05, 3.63) is 52.3 Å². The lowest BCUT2D eigenvalue weighted by Gasteiger charge is -2.10. The summed E-state index contributed by atoms with van der Waals surface area (Å²) in [5.74, 6) is 0.998. The molecule has 0 saturated carbocycles. The summed E-state index contributed by atoms with van der Waals surface area (Å²) in [7, 11) is 0. The first-order valence-corrected chi connectivity index (χ1v) is 6.73. The van der Waals surface area contributed by atoms with E-state index in [9.17, 15) is 10.1 Å². The summed E-state index contributed by atoms with van der Waals surface area (Å²) in [6, 6.07) is 8.19. The van der Waals surface area contributed by atoms with Gasteiger partial charge in [-0.2, -0.15) is 0 Å². The number of benzene rings is 1. The fourth-order valence-corrected chi connectivity index (χ4v) is 1.82. The Morgan fingerprint density at radius 3 is 2.86 bits per heavy atom. The van der Waals surface area contributed by atoms with Crippen LogP contribution in [0.15, 0.2) is 36.5 Å². The molecule has 2 aromatic rings. The van der Waals surface area contributed by atoms with E-state index in [4.69, 9.17) is 4.74 Å². The highest BCUT2D eigenvalue weighted by molar-refractivity contribution is 5.57. The second-order valence-corrected chi connectivity index (χ2v) is 4.59. The number of rotatable bonds is 6. The summed E-state index contributed by atoms with van der Waals surface area (Å²) < 4.78 is 5.71. The minimum Gasteiger partial charge on any atom is -0.455 e. The van der Waals surface area contributed by atoms with Crippen LogP contribution in [0.5, 0.6) is 11.5 Å². The van der Waals surface area contributed by atoms with Crippen molar-refractivity contribution in [2.45, 2.75) is 20.3 Å². The molecule has 0 amide bonds. The maximum absolute atomic E-state index is 11.0. The van der Waals surface area contributed by atoms with Gasteiger partial charge in [-0.05, 0) is 25.5 Å². The van der Waals surface area contributed by atoms with E-state index in [0.717, 1.165) is 18.7 Å². The number of nitro benzene ring substituents is 1. The Bertz CT molecular complexity index is 644. The van der Waals surface area contributed by atoms with E-state index in [2.05, 4.69) is 10.3 Å². The van der Waals surface area contributed by atoms with Gasteiger partial charge in [0, 0.05) is 30.6 Å².